The van der Waals surface area contributed by atoms with Crippen LogP contribution in [-0.4, -0.2) is 25.8 Å². The molecule has 1 heterocycles. The molecule has 6 heteroatoms. The highest BCUT2D eigenvalue weighted by molar-refractivity contribution is 7.89. The largest absolute Gasteiger partial charge is 0.399 e. The molecule has 0 saturated carbocycles. The maximum absolute atomic E-state index is 13.6. The quantitative estimate of drug-likeness (QED) is 0.834. The van der Waals surface area contributed by atoms with Crippen LogP contribution in [0.5, 0.6) is 0 Å². The first-order chi connectivity index (χ1) is 8.32. The van der Waals surface area contributed by atoms with E-state index in [4.69, 9.17) is 5.73 Å². The van der Waals surface area contributed by atoms with Gasteiger partial charge in [0.2, 0.25) is 10.0 Å². The van der Waals surface area contributed by atoms with E-state index in [9.17, 15) is 12.8 Å². The molecule has 1 aromatic rings. The van der Waals surface area contributed by atoms with Crippen molar-refractivity contribution in [2.75, 3.05) is 18.8 Å². The summed E-state index contributed by atoms with van der Waals surface area (Å²) in [7, 11) is -3.63. The summed E-state index contributed by atoms with van der Waals surface area (Å²) in [5, 5.41) is 0. The molecule has 4 nitrogen and oxygen atoms in total. The number of benzene rings is 1. The Hall–Kier alpha value is -1.14. The van der Waals surface area contributed by atoms with E-state index in [0.29, 0.717) is 19.0 Å². The third-order valence-electron chi connectivity index (χ3n) is 3.32. The Bertz CT molecular complexity index is 572. The lowest BCUT2D eigenvalue weighted by atomic mass is 10.2. The number of nitrogen functional groups attached to an aromatic ring is 1. The monoisotopic (exact) mass is 272 g/mol. The summed E-state index contributed by atoms with van der Waals surface area (Å²) >= 11 is 0. The fraction of sp³-hybridized carbons (Fsp3) is 0.500. The molecule has 2 N–H and O–H groups in total. The zero-order valence-corrected chi connectivity index (χ0v) is 11.3. The molecule has 0 aliphatic carbocycles. The summed E-state index contributed by atoms with van der Waals surface area (Å²) < 4.78 is 39.8. The Kier molecular flexibility index (Phi) is 3.33. The average molecular weight is 272 g/mol. The van der Waals surface area contributed by atoms with Crippen LogP contribution in [0.25, 0.3) is 0 Å². The number of hydrogen-bond acceptors (Lipinski definition) is 3. The molecule has 0 amide bonds. The van der Waals surface area contributed by atoms with Crippen LogP contribution in [0.15, 0.2) is 17.0 Å². The van der Waals surface area contributed by atoms with Crippen molar-refractivity contribution in [1.29, 1.82) is 0 Å². The predicted molar refractivity (Wildman–Crippen MR) is 68.1 cm³/mol. The molecule has 1 saturated heterocycles. The molecule has 0 bridgehead atoms. The van der Waals surface area contributed by atoms with Gasteiger partial charge in [-0.1, -0.05) is 6.92 Å². The lowest BCUT2D eigenvalue weighted by molar-refractivity contribution is 0.463. The molecule has 18 heavy (non-hydrogen) atoms. The second kappa shape index (κ2) is 4.51. The van der Waals surface area contributed by atoms with Gasteiger partial charge >= 0.3 is 0 Å². The second-order valence-electron chi connectivity index (χ2n) is 4.88. The summed E-state index contributed by atoms with van der Waals surface area (Å²) in [5.74, 6) is -0.244. The van der Waals surface area contributed by atoms with Gasteiger partial charge in [-0.15, -0.1) is 0 Å². The van der Waals surface area contributed by atoms with Gasteiger partial charge < -0.3 is 5.73 Å². The number of anilines is 1. The lowest BCUT2D eigenvalue weighted by Crippen LogP contribution is -2.29. The number of nitrogens with zero attached hydrogens (tertiary/aromatic N) is 1. The molecule has 1 aliphatic rings. The Morgan fingerprint density at radius 3 is 2.67 bits per heavy atom. The van der Waals surface area contributed by atoms with Crippen molar-refractivity contribution in [1.82, 2.24) is 4.31 Å². The third kappa shape index (κ3) is 2.22. The van der Waals surface area contributed by atoms with Crippen molar-refractivity contribution < 1.29 is 12.8 Å². The van der Waals surface area contributed by atoms with Gasteiger partial charge in [-0.25, -0.2) is 12.8 Å². The van der Waals surface area contributed by atoms with Crippen LogP contribution in [0.2, 0.25) is 0 Å². The van der Waals surface area contributed by atoms with Gasteiger partial charge in [-0.2, -0.15) is 4.31 Å². The maximum Gasteiger partial charge on any atom is 0.243 e. The molecular formula is C12H17FN2O2S. The summed E-state index contributed by atoms with van der Waals surface area (Å²) in [6.07, 6.45) is 0.836. The van der Waals surface area contributed by atoms with Crippen LogP contribution in [0.1, 0.15) is 18.9 Å². The van der Waals surface area contributed by atoms with Crippen molar-refractivity contribution >= 4 is 15.7 Å². The minimum Gasteiger partial charge on any atom is -0.399 e. The van der Waals surface area contributed by atoms with Gasteiger partial charge in [0.1, 0.15) is 5.82 Å². The number of sulfonamides is 1. The molecule has 1 aliphatic heterocycles. The SMILES string of the molecule is Cc1c(F)cc(N)cc1S(=O)(=O)N1CCC(C)C1. The van der Waals surface area contributed by atoms with Crippen LogP contribution in [0.4, 0.5) is 10.1 Å². The molecule has 1 fully saturated rings. The first kappa shape index (κ1) is 13.3. The lowest BCUT2D eigenvalue weighted by Gasteiger charge is -2.18. The van der Waals surface area contributed by atoms with Crippen LogP contribution >= 0.6 is 0 Å². The van der Waals surface area contributed by atoms with E-state index in [2.05, 4.69) is 0 Å². The van der Waals surface area contributed by atoms with Crippen LogP contribution in [-0.2, 0) is 10.0 Å². The normalized spacial score (nSPS) is 21.4. The van der Waals surface area contributed by atoms with Crippen LogP contribution in [0, 0.1) is 18.7 Å². The fourth-order valence-corrected chi connectivity index (χ4v) is 4.04. The Balaban J connectivity index is 2.48. The first-order valence-electron chi connectivity index (χ1n) is 5.88. The second-order valence-corrected chi connectivity index (χ2v) is 6.79. The molecule has 2 rings (SSSR count). The Labute approximate surface area is 107 Å². The number of halogens is 1. The van der Waals surface area contributed by atoms with Crippen LogP contribution in [0.3, 0.4) is 0 Å². The van der Waals surface area contributed by atoms with Gasteiger partial charge in [-0.05, 0) is 31.4 Å². The maximum atomic E-state index is 13.6. The van der Waals surface area contributed by atoms with Crippen molar-refractivity contribution in [3.8, 4) is 0 Å². The van der Waals surface area contributed by atoms with Crippen LogP contribution < -0.4 is 5.73 Å². The minimum atomic E-state index is -3.63. The highest BCUT2D eigenvalue weighted by Crippen LogP contribution is 2.28. The molecule has 1 atom stereocenters. The highest BCUT2D eigenvalue weighted by Gasteiger charge is 2.32. The number of hydrogen-bond donors (Lipinski definition) is 1. The van der Waals surface area contributed by atoms with E-state index in [1.54, 1.807) is 0 Å². The van der Waals surface area contributed by atoms with Gasteiger partial charge in [0, 0.05) is 24.3 Å². The Morgan fingerprint density at radius 1 is 1.44 bits per heavy atom. The number of nitrogens with two attached hydrogens (primary N) is 1. The predicted octanol–water partition coefficient (Wildman–Crippen LogP) is 1.75. The average Bonchev–Trinajstić information content (AvgIpc) is 2.70. The van der Waals surface area contributed by atoms with Crippen molar-refractivity contribution in [3.63, 3.8) is 0 Å². The van der Waals surface area contributed by atoms with Gasteiger partial charge in [0.05, 0.1) is 4.90 Å². The van der Waals surface area contributed by atoms with E-state index < -0.39 is 15.8 Å². The summed E-state index contributed by atoms with van der Waals surface area (Å²) in [5.41, 5.74) is 5.79. The van der Waals surface area contributed by atoms with E-state index in [1.807, 2.05) is 6.92 Å². The molecule has 0 spiro atoms. The molecular weight excluding hydrogens is 255 g/mol. The highest BCUT2D eigenvalue weighted by atomic mass is 32.2. The zero-order valence-electron chi connectivity index (χ0n) is 10.5. The first-order valence-corrected chi connectivity index (χ1v) is 7.32. The van der Waals surface area contributed by atoms with Crippen molar-refractivity contribution in [2.24, 2.45) is 5.92 Å². The topological polar surface area (TPSA) is 63.4 Å². The van der Waals surface area contributed by atoms with E-state index in [-0.39, 0.29) is 16.1 Å². The smallest absolute Gasteiger partial charge is 0.243 e. The third-order valence-corrected chi connectivity index (χ3v) is 5.31. The van der Waals surface area contributed by atoms with Crippen molar-refractivity contribution in [3.05, 3.63) is 23.5 Å². The minimum absolute atomic E-state index is 0.0194. The number of rotatable bonds is 2. The van der Waals surface area contributed by atoms with E-state index in [1.165, 1.54) is 17.3 Å². The van der Waals surface area contributed by atoms with E-state index >= 15 is 0 Å². The van der Waals surface area contributed by atoms with Gasteiger partial charge in [0.25, 0.3) is 0 Å². The summed E-state index contributed by atoms with van der Waals surface area (Å²) in [6.45, 7) is 4.43. The molecule has 0 aromatic heterocycles. The summed E-state index contributed by atoms with van der Waals surface area (Å²) in [4.78, 5) is -0.0194. The van der Waals surface area contributed by atoms with Gasteiger partial charge in [0.15, 0.2) is 0 Å². The summed E-state index contributed by atoms with van der Waals surface area (Å²) in [6, 6.07) is 2.47. The molecule has 100 valence electrons. The van der Waals surface area contributed by atoms with E-state index in [0.717, 1.165) is 12.5 Å². The fourth-order valence-electron chi connectivity index (χ4n) is 2.19. The van der Waals surface area contributed by atoms with Gasteiger partial charge in [-0.3, -0.25) is 0 Å². The zero-order chi connectivity index (χ0) is 13.5. The molecule has 1 aromatic carbocycles. The van der Waals surface area contributed by atoms with Crippen molar-refractivity contribution in [2.45, 2.75) is 25.2 Å². The standard InChI is InChI=1S/C12H17FN2O2S/c1-8-3-4-15(7-8)18(16,17)12-6-10(14)5-11(13)9(12)2/h5-6,8H,3-4,7,14H2,1-2H3. The Morgan fingerprint density at radius 2 is 2.11 bits per heavy atom. The molecule has 1 unspecified atom stereocenters. The molecule has 0 radical (unpaired) electrons.